The first kappa shape index (κ1) is 20.4. The zero-order valence-electron chi connectivity index (χ0n) is 17.5. The van der Waals surface area contributed by atoms with Crippen LogP contribution >= 0.6 is 0 Å². The second kappa shape index (κ2) is 8.47. The van der Waals surface area contributed by atoms with E-state index in [2.05, 4.69) is 21.9 Å². The van der Waals surface area contributed by atoms with Crippen molar-refractivity contribution in [2.24, 2.45) is 12.2 Å². The molecule has 0 saturated carbocycles. The van der Waals surface area contributed by atoms with Crippen molar-refractivity contribution < 1.29 is 14.4 Å². The van der Waals surface area contributed by atoms with Crippen LogP contribution in [0.1, 0.15) is 29.4 Å². The Morgan fingerprint density at radius 1 is 1.13 bits per heavy atom. The summed E-state index contributed by atoms with van der Waals surface area (Å²) in [5, 5.41) is 13.6. The van der Waals surface area contributed by atoms with E-state index < -0.39 is 0 Å². The molecule has 4 rings (SSSR count). The summed E-state index contributed by atoms with van der Waals surface area (Å²) in [6.07, 6.45) is 2.71. The lowest BCUT2D eigenvalue weighted by molar-refractivity contribution is 0.0718. The van der Waals surface area contributed by atoms with E-state index >= 15 is 0 Å². The minimum Gasteiger partial charge on any atom is -0.411 e. The second-order valence-electron chi connectivity index (χ2n) is 7.94. The molecule has 1 aromatic heterocycles. The zero-order chi connectivity index (χ0) is 21.3. The summed E-state index contributed by atoms with van der Waals surface area (Å²) in [5.41, 5.74) is 2.82. The van der Waals surface area contributed by atoms with Gasteiger partial charge in [-0.2, -0.15) is 0 Å². The third-order valence-corrected chi connectivity index (χ3v) is 6.09. The smallest absolute Gasteiger partial charge is 0.256 e. The highest BCUT2D eigenvalue weighted by molar-refractivity contribution is 6.13. The number of rotatable bonds is 4. The molecule has 8 heteroatoms. The molecule has 7 nitrogen and oxygen atoms in total. The molecule has 1 fully saturated rings. The van der Waals surface area contributed by atoms with E-state index in [0.717, 1.165) is 38.3 Å². The summed E-state index contributed by atoms with van der Waals surface area (Å²) in [7, 11) is 1.87. The molecule has 1 atom stereocenters. The number of oxime groups is 1. The first-order valence-corrected chi connectivity index (χ1v) is 10.4. The van der Waals surface area contributed by atoms with Crippen LogP contribution in [-0.4, -0.2) is 76.5 Å². The molecular formula is C22H28FN5O2. The molecule has 3 heterocycles. The summed E-state index contributed by atoms with van der Waals surface area (Å²) in [6.45, 7) is 6.30. The molecule has 2 aliphatic rings. The average molecular weight is 413 g/mol. The fraction of sp³-hybridized carbons (Fsp3) is 0.455. The maximum atomic E-state index is 13.2. The predicted octanol–water partition coefficient (Wildman–Crippen LogP) is 2.40. The fourth-order valence-electron chi connectivity index (χ4n) is 4.54. The van der Waals surface area contributed by atoms with Crippen molar-refractivity contribution in [2.75, 3.05) is 44.2 Å². The lowest BCUT2D eigenvalue weighted by Gasteiger charge is -2.41. The Balaban J connectivity index is 1.59. The van der Waals surface area contributed by atoms with Gasteiger partial charge in [-0.25, -0.2) is 4.39 Å². The number of hydrogen-bond donors (Lipinski definition) is 1. The number of halogens is 1. The number of carbonyl (C=O) groups excluding carboxylic acids is 1. The zero-order valence-corrected chi connectivity index (χ0v) is 17.5. The third-order valence-electron chi connectivity index (χ3n) is 6.09. The molecule has 2 aromatic rings. The summed E-state index contributed by atoms with van der Waals surface area (Å²) < 4.78 is 15.1. The number of aromatic nitrogens is 1. The number of aryl methyl sites for hydroxylation is 1. The van der Waals surface area contributed by atoms with Crippen molar-refractivity contribution in [2.45, 2.75) is 19.4 Å². The Labute approximate surface area is 176 Å². The van der Waals surface area contributed by atoms with E-state index in [9.17, 15) is 14.4 Å². The molecule has 0 bridgehead atoms. The number of benzene rings is 1. The van der Waals surface area contributed by atoms with Crippen LogP contribution < -0.4 is 4.90 Å². The maximum absolute atomic E-state index is 13.2. The Kier molecular flexibility index (Phi) is 5.76. The van der Waals surface area contributed by atoms with Crippen LogP contribution in [0.3, 0.4) is 0 Å². The van der Waals surface area contributed by atoms with Gasteiger partial charge in [-0.05, 0) is 36.8 Å². The van der Waals surface area contributed by atoms with Crippen LogP contribution in [-0.2, 0) is 7.05 Å². The summed E-state index contributed by atoms with van der Waals surface area (Å²) >= 11 is 0. The van der Waals surface area contributed by atoms with Gasteiger partial charge in [0.05, 0.1) is 17.3 Å². The van der Waals surface area contributed by atoms with E-state index in [4.69, 9.17) is 0 Å². The highest BCUT2D eigenvalue weighted by Crippen LogP contribution is 2.25. The van der Waals surface area contributed by atoms with Crippen molar-refractivity contribution >= 4 is 17.3 Å². The highest BCUT2D eigenvalue weighted by atomic mass is 19.1. The topological polar surface area (TPSA) is 64.3 Å². The molecule has 1 unspecified atom stereocenters. The number of amides is 1. The van der Waals surface area contributed by atoms with E-state index in [1.807, 2.05) is 22.7 Å². The van der Waals surface area contributed by atoms with Gasteiger partial charge in [0.25, 0.3) is 5.91 Å². The maximum Gasteiger partial charge on any atom is 0.256 e. The first-order valence-electron chi connectivity index (χ1n) is 10.4. The van der Waals surface area contributed by atoms with E-state index in [0.29, 0.717) is 30.1 Å². The molecule has 1 N–H and O–H groups in total. The fourth-order valence-corrected chi connectivity index (χ4v) is 4.54. The first-order chi connectivity index (χ1) is 14.5. The number of nitrogens with zero attached hydrogens (tertiary/aromatic N) is 5. The Bertz CT molecular complexity index is 932. The Morgan fingerprint density at radius 3 is 2.47 bits per heavy atom. The van der Waals surface area contributed by atoms with Crippen LogP contribution in [0.4, 0.5) is 10.1 Å². The van der Waals surface area contributed by atoms with Crippen molar-refractivity contribution in [1.29, 1.82) is 0 Å². The van der Waals surface area contributed by atoms with Gasteiger partial charge in [0, 0.05) is 58.2 Å². The standard InChI is InChI=1S/C22H28FN5O2/c1-3-9-28-15-19(20(24-30)21-18(22(28)29)8-10-25(21)2)27-13-11-26(12-14-27)17-6-4-16(23)5-7-17/h4-8,10,19,30H,3,9,11-15H2,1-2H3. The highest BCUT2D eigenvalue weighted by Gasteiger charge is 2.38. The molecule has 1 aromatic carbocycles. The largest absolute Gasteiger partial charge is 0.411 e. The summed E-state index contributed by atoms with van der Waals surface area (Å²) in [5.74, 6) is -0.250. The molecule has 0 aliphatic carbocycles. The average Bonchev–Trinajstić information content (AvgIpc) is 3.09. The monoisotopic (exact) mass is 413 g/mol. The minimum absolute atomic E-state index is 0.0129. The van der Waals surface area contributed by atoms with Gasteiger partial charge in [0.1, 0.15) is 11.5 Å². The Morgan fingerprint density at radius 2 is 1.83 bits per heavy atom. The molecule has 0 spiro atoms. The van der Waals surface area contributed by atoms with Gasteiger partial charge in [-0.3, -0.25) is 9.69 Å². The van der Waals surface area contributed by atoms with Gasteiger partial charge in [-0.1, -0.05) is 12.1 Å². The minimum atomic E-state index is -0.237. The van der Waals surface area contributed by atoms with Crippen LogP contribution in [0.15, 0.2) is 41.7 Å². The lowest BCUT2D eigenvalue weighted by atomic mass is 10.0. The number of carbonyl (C=O) groups is 1. The molecule has 1 saturated heterocycles. The predicted molar refractivity (Wildman–Crippen MR) is 114 cm³/mol. The van der Waals surface area contributed by atoms with Crippen LogP contribution in [0.2, 0.25) is 0 Å². The lowest BCUT2D eigenvalue weighted by Crippen LogP contribution is -2.56. The van der Waals surface area contributed by atoms with Crippen molar-refractivity contribution in [1.82, 2.24) is 14.4 Å². The summed E-state index contributed by atoms with van der Waals surface area (Å²) in [6, 6.07) is 8.18. The van der Waals surface area contributed by atoms with E-state index in [1.165, 1.54) is 12.1 Å². The molecular weight excluding hydrogens is 385 g/mol. The molecule has 0 radical (unpaired) electrons. The van der Waals surface area contributed by atoms with Gasteiger partial charge in [-0.15, -0.1) is 0 Å². The second-order valence-corrected chi connectivity index (χ2v) is 7.94. The van der Waals surface area contributed by atoms with Gasteiger partial charge >= 0.3 is 0 Å². The molecule has 160 valence electrons. The van der Waals surface area contributed by atoms with Gasteiger partial charge in [0.2, 0.25) is 0 Å². The van der Waals surface area contributed by atoms with Crippen molar-refractivity contribution in [3.63, 3.8) is 0 Å². The van der Waals surface area contributed by atoms with E-state index in [-0.39, 0.29) is 17.8 Å². The summed E-state index contributed by atoms with van der Waals surface area (Å²) in [4.78, 5) is 19.5. The van der Waals surface area contributed by atoms with Gasteiger partial charge in [0.15, 0.2) is 0 Å². The Hall–Kier alpha value is -2.87. The number of piperazine rings is 1. The van der Waals surface area contributed by atoms with Crippen molar-refractivity contribution in [3.05, 3.63) is 53.6 Å². The normalized spacial score (nSPS) is 21.8. The molecule has 30 heavy (non-hydrogen) atoms. The number of fused-ring (bicyclic) bond motifs is 1. The third kappa shape index (κ3) is 3.67. The number of anilines is 1. The molecule has 2 aliphatic heterocycles. The van der Waals surface area contributed by atoms with Gasteiger partial charge < -0.3 is 19.6 Å². The van der Waals surface area contributed by atoms with Crippen molar-refractivity contribution in [3.8, 4) is 0 Å². The molecule has 1 amide bonds. The van der Waals surface area contributed by atoms with Crippen LogP contribution in [0, 0.1) is 5.82 Å². The van der Waals surface area contributed by atoms with Crippen LogP contribution in [0.25, 0.3) is 0 Å². The quantitative estimate of drug-likeness (QED) is 0.618. The number of hydrogen-bond acceptors (Lipinski definition) is 5. The SMILES string of the molecule is CCCN1CC(N2CCN(c3ccc(F)cc3)CC2)C(=NO)c2c(ccn2C)C1=O. The van der Waals surface area contributed by atoms with E-state index in [1.54, 1.807) is 18.2 Å². The van der Waals surface area contributed by atoms with Crippen LogP contribution in [0.5, 0.6) is 0 Å².